The van der Waals surface area contributed by atoms with E-state index in [1.54, 1.807) is 19.1 Å². The minimum Gasteiger partial charge on any atom is -0.269 e. The van der Waals surface area contributed by atoms with Crippen LogP contribution < -0.4 is 4.72 Å². The van der Waals surface area contributed by atoms with E-state index in [4.69, 9.17) is 4.55 Å². The zero-order valence-corrected chi connectivity index (χ0v) is 10.9. The van der Waals surface area contributed by atoms with E-state index >= 15 is 0 Å². The SMILES string of the molecule is Cc1ccc(-n2nnnc2S)c(NS(=O)(=O)O)c1. The molecule has 0 fully saturated rings. The highest BCUT2D eigenvalue weighted by molar-refractivity contribution is 7.87. The van der Waals surface area contributed by atoms with E-state index in [1.807, 2.05) is 4.72 Å². The molecule has 2 rings (SSSR count). The van der Waals surface area contributed by atoms with Crippen LogP contribution in [0.3, 0.4) is 0 Å². The summed E-state index contributed by atoms with van der Waals surface area (Å²) >= 11 is 4.03. The maximum Gasteiger partial charge on any atom is 0.357 e. The summed E-state index contributed by atoms with van der Waals surface area (Å²) in [5, 5.41) is 10.8. The minimum atomic E-state index is -4.38. The quantitative estimate of drug-likeness (QED) is 0.559. The van der Waals surface area contributed by atoms with Gasteiger partial charge in [-0.1, -0.05) is 6.07 Å². The number of nitrogens with zero attached hydrogens (tertiary/aromatic N) is 4. The molecule has 0 saturated carbocycles. The highest BCUT2D eigenvalue weighted by atomic mass is 32.2. The van der Waals surface area contributed by atoms with E-state index in [2.05, 4.69) is 28.2 Å². The van der Waals surface area contributed by atoms with Crippen molar-refractivity contribution in [2.24, 2.45) is 0 Å². The molecule has 1 aromatic carbocycles. The Hall–Kier alpha value is -1.65. The highest BCUT2D eigenvalue weighted by Gasteiger charge is 2.13. The van der Waals surface area contributed by atoms with E-state index < -0.39 is 10.3 Å². The van der Waals surface area contributed by atoms with Gasteiger partial charge in [0, 0.05) is 0 Å². The Morgan fingerprint density at radius 3 is 2.72 bits per heavy atom. The molecule has 0 aliphatic carbocycles. The van der Waals surface area contributed by atoms with Crippen LogP contribution >= 0.6 is 12.6 Å². The lowest BCUT2D eigenvalue weighted by atomic mass is 10.2. The average Bonchev–Trinajstić information content (AvgIpc) is 2.62. The lowest BCUT2D eigenvalue weighted by molar-refractivity contribution is 0.489. The van der Waals surface area contributed by atoms with Crippen LogP contribution in [0, 0.1) is 6.92 Å². The largest absolute Gasteiger partial charge is 0.357 e. The van der Waals surface area contributed by atoms with Crippen LogP contribution in [-0.4, -0.2) is 33.2 Å². The number of aromatic nitrogens is 4. The topological polar surface area (TPSA) is 110 Å². The summed E-state index contributed by atoms with van der Waals surface area (Å²) in [5.41, 5.74) is 1.31. The first-order chi connectivity index (χ1) is 8.37. The Kier molecular flexibility index (Phi) is 3.24. The second-order valence-corrected chi connectivity index (χ2v) is 5.04. The molecular weight excluding hydrogens is 278 g/mol. The molecule has 0 aliphatic heterocycles. The van der Waals surface area contributed by atoms with Crippen LogP contribution in [0.25, 0.3) is 5.69 Å². The number of thiol groups is 1. The maximum absolute atomic E-state index is 10.9. The third-order valence-electron chi connectivity index (χ3n) is 2.07. The fraction of sp³-hybridized carbons (Fsp3) is 0.125. The molecule has 0 bridgehead atoms. The molecule has 10 heteroatoms. The molecule has 2 aromatic rings. The van der Waals surface area contributed by atoms with Gasteiger partial charge in [0.05, 0.1) is 11.4 Å². The third-order valence-corrected chi connectivity index (χ3v) is 2.83. The third kappa shape index (κ3) is 2.78. The van der Waals surface area contributed by atoms with Crippen molar-refractivity contribution < 1.29 is 13.0 Å². The molecule has 0 aliphatic rings. The summed E-state index contributed by atoms with van der Waals surface area (Å²) in [6.45, 7) is 1.78. The van der Waals surface area contributed by atoms with E-state index in [9.17, 15) is 8.42 Å². The summed E-state index contributed by atoms with van der Waals surface area (Å²) in [5.74, 6) is 0. The molecule has 0 spiro atoms. The van der Waals surface area contributed by atoms with E-state index in [-0.39, 0.29) is 10.8 Å². The molecular formula is C8H9N5O3S2. The molecule has 1 aromatic heterocycles. The van der Waals surface area contributed by atoms with Gasteiger partial charge in [0.25, 0.3) is 0 Å². The van der Waals surface area contributed by atoms with Crippen LogP contribution in [0.5, 0.6) is 0 Å². The summed E-state index contributed by atoms with van der Waals surface area (Å²) in [4.78, 5) is 0. The molecule has 1 heterocycles. The summed E-state index contributed by atoms with van der Waals surface area (Å²) in [6, 6.07) is 4.90. The second kappa shape index (κ2) is 4.55. The first-order valence-corrected chi connectivity index (χ1v) is 6.59. The Morgan fingerprint density at radius 2 is 2.17 bits per heavy atom. The van der Waals surface area contributed by atoms with Gasteiger partial charge in [0.15, 0.2) is 0 Å². The molecule has 0 amide bonds. The van der Waals surface area contributed by atoms with Crippen molar-refractivity contribution in [3.05, 3.63) is 23.8 Å². The fourth-order valence-corrected chi connectivity index (χ4v) is 2.02. The molecule has 0 radical (unpaired) electrons. The zero-order valence-electron chi connectivity index (χ0n) is 9.14. The fourth-order valence-electron chi connectivity index (χ4n) is 1.39. The van der Waals surface area contributed by atoms with Gasteiger partial charge in [-0.25, -0.2) is 0 Å². The van der Waals surface area contributed by atoms with Gasteiger partial charge in [0.1, 0.15) is 0 Å². The molecule has 2 N–H and O–H groups in total. The number of hydrogen-bond donors (Lipinski definition) is 3. The number of aryl methyl sites for hydroxylation is 1. The Bertz CT molecular complexity index is 682. The highest BCUT2D eigenvalue weighted by Crippen LogP contribution is 2.23. The first kappa shape index (κ1) is 12.8. The van der Waals surface area contributed by atoms with Crippen molar-refractivity contribution in [2.75, 3.05) is 4.72 Å². The van der Waals surface area contributed by atoms with Gasteiger partial charge in [-0.15, -0.1) is 17.7 Å². The number of rotatable bonds is 3. The lowest BCUT2D eigenvalue weighted by Crippen LogP contribution is -2.13. The van der Waals surface area contributed by atoms with Gasteiger partial charge >= 0.3 is 10.3 Å². The molecule has 0 unspecified atom stereocenters. The van der Waals surface area contributed by atoms with Crippen LogP contribution in [0.15, 0.2) is 23.4 Å². The Balaban J connectivity index is 2.58. The van der Waals surface area contributed by atoms with Gasteiger partial charge in [-0.05, 0) is 35.0 Å². The number of tetrazole rings is 1. The van der Waals surface area contributed by atoms with Crippen LogP contribution in [0.4, 0.5) is 5.69 Å². The smallest absolute Gasteiger partial charge is 0.269 e. The van der Waals surface area contributed by atoms with Gasteiger partial charge in [-0.2, -0.15) is 13.1 Å². The van der Waals surface area contributed by atoms with E-state index in [1.165, 1.54) is 10.7 Å². The zero-order chi connectivity index (χ0) is 13.3. The normalized spacial score (nSPS) is 11.5. The number of anilines is 1. The van der Waals surface area contributed by atoms with Crippen molar-refractivity contribution in [3.63, 3.8) is 0 Å². The molecule has 18 heavy (non-hydrogen) atoms. The Morgan fingerprint density at radius 1 is 1.44 bits per heavy atom. The summed E-state index contributed by atoms with van der Waals surface area (Å²) < 4.78 is 33.8. The van der Waals surface area contributed by atoms with Crippen LogP contribution in [0.2, 0.25) is 0 Å². The second-order valence-electron chi connectivity index (χ2n) is 3.49. The van der Waals surface area contributed by atoms with Crippen molar-refractivity contribution in [2.45, 2.75) is 12.1 Å². The van der Waals surface area contributed by atoms with Crippen molar-refractivity contribution in [3.8, 4) is 5.69 Å². The predicted molar refractivity (Wildman–Crippen MR) is 66.3 cm³/mol. The van der Waals surface area contributed by atoms with Crippen LogP contribution in [0.1, 0.15) is 5.56 Å². The predicted octanol–water partition coefficient (Wildman–Crippen LogP) is 0.474. The molecule has 96 valence electrons. The van der Waals surface area contributed by atoms with Gasteiger partial charge in [-0.3, -0.25) is 9.27 Å². The van der Waals surface area contributed by atoms with E-state index in [0.717, 1.165) is 5.56 Å². The lowest BCUT2D eigenvalue weighted by Gasteiger charge is -2.10. The summed E-state index contributed by atoms with van der Waals surface area (Å²) in [6.07, 6.45) is 0. The monoisotopic (exact) mass is 287 g/mol. The standard InChI is InChI=1S/C8H9N5O3S2/c1-5-2-3-7(13-8(17)9-11-12-13)6(4-5)10-18(14,15)16/h2-4,10H,1H3,(H,9,12,17)(H,14,15,16). The number of benzene rings is 1. The van der Waals surface area contributed by atoms with Gasteiger partial charge < -0.3 is 0 Å². The van der Waals surface area contributed by atoms with Gasteiger partial charge in [0.2, 0.25) is 5.16 Å². The van der Waals surface area contributed by atoms with Crippen molar-refractivity contribution >= 4 is 28.6 Å². The number of nitrogens with one attached hydrogen (secondary N) is 1. The molecule has 0 atom stereocenters. The van der Waals surface area contributed by atoms with E-state index in [0.29, 0.717) is 5.69 Å². The number of hydrogen-bond acceptors (Lipinski definition) is 6. The summed E-state index contributed by atoms with van der Waals surface area (Å²) in [7, 11) is -4.38. The van der Waals surface area contributed by atoms with Crippen molar-refractivity contribution in [1.29, 1.82) is 0 Å². The first-order valence-electron chi connectivity index (χ1n) is 4.70. The van der Waals surface area contributed by atoms with Crippen molar-refractivity contribution in [1.82, 2.24) is 20.2 Å². The molecule has 0 saturated heterocycles. The minimum absolute atomic E-state index is 0.153. The molecule has 8 nitrogen and oxygen atoms in total. The maximum atomic E-state index is 10.9. The van der Waals surface area contributed by atoms with Crippen LogP contribution in [-0.2, 0) is 10.3 Å². The Labute approximate surface area is 108 Å². The average molecular weight is 287 g/mol.